The summed E-state index contributed by atoms with van der Waals surface area (Å²) in [4.78, 5) is 22.9. The molecule has 0 atom stereocenters. The minimum absolute atomic E-state index is 0.0218. The second kappa shape index (κ2) is 10.3. The lowest BCUT2D eigenvalue weighted by Crippen LogP contribution is -2.34. The highest BCUT2D eigenvalue weighted by atomic mass is 32.2. The van der Waals surface area contributed by atoms with Crippen LogP contribution in [-0.4, -0.2) is 35.7 Å². The highest BCUT2D eigenvalue weighted by Gasteiger charge is 2.18. The molecule has 0 saturated carbocycles. The molecule has 0 radical (unpaired) electrons. The predicted molar refractivity (Wildman–Crippen MR) is 118 cm³/mol. The number of carbonyl (C=O) groups excluding carboxylic acids is 1. The summed E-state index contributed by atoms with van der Waals surface area (Å²) in [6.07, 6.45) is 6.81. The Morgan fingerprint density at radius 3 is 2.35 bits per heavy atom. The third kappa shape index (κ3) is 6.44. The molecule has 0 fully saturated rings. The molecule has 2 heterocycles. The van der Waals surface area contributed by atoms with Gasteiger partial charge >= 0.3 is 0 Å². The lowest BCUT2D eigenvalue weighted by atomic mass is 10.1. The molecule has 3 rings (SSSR count). The third-order valence-corrected chi connectivity index (χ3v) is 6.45. The van der Waals surface area contributed by atoms with Crippen molar-refractivity contribution in [3.05, 3.63) is 89.5 Å². The Labute approximate surface area is 183 Å². The van der Waals surface area contributed by atoms with Crippen molar-refractivity contribution < 1.29 is 13.2 Å². The van der Waals surface area contributed by atoms with Gasteiger partial charge in [-0.2, -0.15) is 0 Å². The van der Waals surface area contributed by atoms with Gasteiger partial charge < -0.3 is 4.90 Å². The number of carbonyl (C=O) groups is 1. The molecule has 0 spiro atoms. The fourth-order valence-electron chi connectivity index (χ4n) is 3.07. The molecule has 1 aromatic carbocycles. The Morgan fingerprint density at radius 1 is 0.935 bits per heavy atom. The van der Waals surface area contributed by atoms with E-state index < -0.39 is 10.0 Å². The molecule has 1 N–H and O–H groups in total. The summed E-state index contributed by atoms with van der Waals surface area (Å²) in [6.45, 7) is 4.61. The largest absolute Gasteiger partial charge is 0.334 e. The molecular weight excluding hydrogens is 412 g/mol. The van der Waals surface area contributed by atoms with Crippen molar-refractivity contribution in [3.63, 3.8) is 0 Å². The third-order valence-electron chi connectivity index (χ3n) is 4.99. The van der Waals surface area contributed by atoms with E-state index in [4.69, 9.17) is 0 Å². The SMILES string of the molecule is Cc1ccc(S(=O)(=O)NCCC(=O)N(Cc2ccncc2)Cc2cccnc2)cc1C. The standard InChI is InChI=1S/C23H26N4O3S/c1-18-5-6-22(14-19(18)2)31(29,30)26-13-9-23(28)27(16-20-7-11-24-12-8-20)17-21-4-3-10-25-15-21/h3-8,10-12,14-15,26H,9,13,16-17H2,1-2H3. The summed E-state index contributed by atoms with van der Waals surface area (Å²) in [6, 6.07) is 12.4. The van der Waals surface area contributed by atoms with Crippen molar-refractivity contribution in [2.24, 2.45) is 0 Å². The number of nitrogens with zero attached hydrogens (tertiary/aromatic N) is 3. The van der Waals surface area contributed by atoms with E-state index in [1.165, 1.54) is 0 Å². The maximum absolute atomic E-state index is 12.9. The minimum atomic E-state index is -3.68. The second-order valence-corrected chi connectivity index (χ2v) is 9.13. The molecule has 1 amide bonds. The van der Waals surface area contributed by atoms with Crippen LogP contribution < -0.4 is 4.72 Å². The first-order valence-electron chi connectivity index (χ1n) is 9.97. The van der Waals surface area contributed by atoms with Crippen LogP contribution in [0.4, 0.5) is 0 Å². The number of rotatable bonds is 9. The molecule has 162 valence electrons. The Morgan fingerprint density at radius 2 is 1.68 bits per heavy atom. The van der Waals surface area contributed by atoms with Crippen molar-refractivity contribution in [1.82, 2.24) is 19.6 Å². The summed E-state index contributed by atoms with van der Waals surface area (Å²) in [5, 5.41) is 0. The van der Waals surface area contributed by atoms with Gasteiger partial charge in [0, 0.05) is 50.8 Å². The maximum Gasteiger partial charge on any atom is 0.240 e. The number of aromatic nitrogens is 2. The molecule has 0 aliphatic carbocycles. The van der Waals surface area contributed by atoms with E-state index in [9.17, 15) is 13.2 Å². The number of amides is 1. The number of benzene rings is 1. The number of hydrogen-bond donors (Lipinski definition) is 1. The number of nitrogens with one attached hydrogen (secondary N) is 1. The molecule has 31 heavy (non-hydrogen) atoms. The van der Waals surface area contributed by atoms with E-state index in [1.807, 2.05) is 38.1 Å². The van der Waals surface area contributed by atoms with E-state index >= 15 is 0 Å². The van der Waals surface area contributed by atoms with Gasteiger partial charge in [-0.3, -0.25) is 14.8 Å². The molecule has 0 unspecified atom stereocenters. The molecule has 0 bridgehead atoms. The normalized spacial score (nSPS) is 11.3. The predicted octanol–water partition coefficient (Wildman–Crippen LogP) is 2.99. The summed E-state index contributed by atoms with van der Waals surface area (Å²) in [5.74, 6) is -0.150. The molecule has 3 aromatic rings. The Balaban J connectivity index is 1.65. The van der Waals surface area contributed by atoms with Crippen LogP contribution in [0.1, 0.15) is 28.7 Å². The Kier molecular flexibility index (Phi) is 7.49. The first kappa shape index (κ1) is 22.6. The monoisotopic (exact) mass is 438 g/mol. The lowest BCUT2D eigenvalue weighted by molar-refractivity contribution is -0.132. The molecule has 0 aliphatic rings. The zero-order valence-corrected chi connectivity index (χ0v) is 18.5. The number of pyridine rings is 2. The van der Waals surface area contributed by atoms with Gasteiger partial charge in [-0.05, 0) is 66.4 Å². The van der Waals surface area contributed by atoms with Crippen molar-refractivity contribution in [1.29, 1.82) is 0 Å². The zero-order chi connectivity index (χ0) is 22.3. The summed E-state index contributed by atoms with van der Waals surface area (Å²) < 4.78 is 27.7. The molecule has 2 aromatic heterocycles. The van der Waals surface area contributed by atoms with Gasteiger partial charge in [-0.25, -0.2) is 13.1 Å². The summed E-state index contributed by atoms with van der Waals surface area (Å²) >= 11 is 0. The fraction of sp³-hybridized carbons (Fsp3) is 0.261. The van der Waals surface area contributed by atoms with Gasteiger partial charge in [-0.15, -0.1) is 0 Å². The lowest BCUT2D eigenvalue weighted by Gasteiger charge is -2.23. The van der Waals surface area contributed by atoms with E-state index in [-0.39, 0.29) is 23.8 Å². The number of hydrogen-bond acceptors (Lipinski definition) is 5. The van der Waals surface area contributed by atoms with Crippen LogP contribution in [0.3, 0.4) is 0 Å². The van der Waals surface area contributed by atoms with E-state index in [0.29, 0.717) is 13.1 Å². The topological polar surface area (TPSA) is 92.3 Å². The average Bonchev–Trinajstić information content (AvgIpc) is 2.76. The smallest absolute Gasteiger partial charge is 0.240 e. The molecule has 0 saturated heterocycles. The molecule has 0 aliphatic heterocycles. The van der Waals surface area contributed by atoms with Gasteiger partial charge in [0.25, 0.3) is 0 Å². The highest BCUT2D eigenvalue weighted by molar-refractivity contribution is 7.89. The minimum Gasteiger partial charge on any atom is -0.334 e. The molecule has 8 heteroatoms. The van der Waals surface area contributed by atoms with Gasteiger partial charge in [0.15, 0.2) is 0 Å². The summed E-state index contributed by atoms with van der Waals surface area (Å²) in [5.41, 5.74) is 3.78. The van der Waals surface area contributed by atoms with Crippen molar-refractivity contribution in [3.8, 4) is 0 Å². The second-order valence-electron chi connectivity index (χ2n) is 7.36. The number of sulfonamides is 1. The van der Waals surface area contributed by atoms with Crippen LogP contribution in [0, 0.1) is 13.8 Å². The van der Waals surface area contributed by atoms with Crippen LogP contribution in [0.25, 0.3) is 0 Å². The molecule has 7 nitrogen and oxygen atoms in total. The number of aryl methyl sites for hydroxylation is 2. The van der Waals surface area contributed by atoms with Crippen LogP contribution in [0.15, 0.2) is 72.1 Å². The fourth-order valence-corrected chi connectivity index (χ4v) is 4.18. The van der Waals surface area contributed by atoms with Crippen LogP contribution in [0.2, 0.25) is 0 Å². The first-order valence-corrected chi connectivity index (χ1v) is 11.5. The summed E-state index contributed by atoms with van der Waals surface area (Å²) in [7, 11) is -3.68. The zero-order valence-electron chi connectivity index (χ0n) is 17.7. The van der Waals surface area contributed by atoms with Crippen molar-refractivity contribution >= 4 is 15.9 Å². The van der Waals surface area contributed by atoms with E-state index in [0.717, 1.165) is 22.3 Å². The van der Waals surface area contributed by atoms with Gasteiger partial charge in [-0.1, -0.05) is 12.1 Å². The van der Waals surface area contributed by atoms with E-state index in [1.54, 1.807) is 47.9 Å². The maximum atomic E-state index is 12.9. The van der Waals surface area contributed by atoms with Crippen LogP contribution in [0.5, 0.6) is 0 Å². The quantitative estimate of drug-likeness (QED) is 0.554. The van der Waals surface area contributed by atoms with Crippen LogP contribution >= 0.6 is 0 Å². The first-order chi connectivity index (χ1) is 14.8. The average molecular weight is 439 g/mol. The van der Waals surface area contributed by atoms with Crippen molar-refractivity contribution in [2.45, 2.75) is 38.3 Å². The Hall–Kier alpha value is -3.10. The highest BCUT2D eigenvalue weighted by Crippen LogP contribution is 2.15. The molecular formula is C23H26N4O3S. The Bertz CT molecular complexity index is 1080. The van der Waals surface area contributed by atoms with Gasteiger partial charge in [0.1, 0.15) is 0 Å². The van der Waals surface area contributed by atoms with Crippen LogP contribution in [-0.2, 0) is 27.9 Å². The van der Waals surface area contributed by atoms with E-state index in [2.05, 4.69) is 14.7 Å². The van der Waals surface area contributed by atoms with Gasteiger partial charge in [0.2, 0.25) is 15.9 Å². The van der Waals surface area contributed by atoms with Crippen molar-refractivity contribution in [2.75, 3.05) is 6.54 Å². The van der Waals surface area contributed by atoms with Gasteiger partial charge in [0.05, 0.1) is 4.90 Å².